The molecule has 0 fully saturated rings. The second-order valence-corrected chi connectivity index (χ2v) is 7.11. The molecule has 2 rings (SSSR count). The first-order valence-electron chi connectivity index (χ1n) is 10.1. The number of Topliss-reactive ketones (excluding diaryl/α,β-unsaturated/α-hetero) is 1. The fourth-order valence-electron chi connectivity index (χ4n) is 3.13. The third-order valence-corrected chi connectivity index (χ3v) is 4.82. The third kappa shape index (κ3) is 7.65. The molecule has 1 amide bonds. The van der Waals surface area contributed by atoms with Crippen LogP contribution in [0.2, 0.25) is 0 Å². The molecule has 0 aliphatic carbocycles. The molecule has 9 nitrogen and oxygen atoms in total. The van der Waals surface area contributed by atoms with E-state index in [2.05, 4.69) is 5.32 Å². The monoisotopic (exact) mass is 457 g/mol. The number of methoxy groups -OCH3 is 2. The Bertz CT molecular complexity index is 1000. The lowest BCUT2D eigenvalue weighted by Gasteiger charge is -2.26. The van der Waals surface area contributed by atoms with Crippen LogP contribution in [0.5, 0.6) is 11.5 Å². The molecule has 0 saturated heterocycles. The van der Waals surface area contributed by atoms with Gasteiger partial charge in [-0.3, -0.25) is 10.1 Å². The first-order chi connectivity index (χ1) is 15.7. The van der Waals surface area contributed by atoms with Gasteiger partial charge < -0.3 is 24.4 Å². The number of carboxylic acid groups (broad SMARTS) is 1. The molecule has 0 heterocycles. The Balaban J connectivity index is 2.23. The molecule has 9 heteroatoms. The summed E-state index contributed by atoms with van der Waals surface area (Å²) in [4.78, 5) is 34.7. The number of ether oxygens (including phenoxy) is 3. The number of aromatic hydroxyl groups is 1. The second kappa shape index (κ2) is 12.3. The van der Waals surface area contributed by atoms with E-state index in [1.165, 1.54) is 39.4 Å². The summed E-state index contributed by atoms with van der Waals surface area (Å²) in [5, 5.41) is 21.5. The van der Waals surface area contributed by atoms with Gasteiger partial charge in [0.05, 0.1) is 13.2 Å². The standard InChI is InChI=1S/C24H27NO8/c1-15(26)16-8-11-18(12-9-16)25-24(30)33-23(17-10-13-20(31-2)19(27)14-17)21(32-3)6-4-5-7-22(28)29/h5,7-14,21,23,27H,4,6H2,1-3H3,(H,25,30)(H,28,29)/b7-5+/t21-,23-/m1/s1. The van der Waals surface area contributed by atoms with Gasteiger partial charge in [-0.1, -0.05) is 12.1 Å². The van der Waals surface area contributed by atoms with Gasteiger partial charge in [0.15, 0.2) is 23.4 Å². The number of ketones is 1. The number of phenolic OH excluding ortho intramolecular Hbond substituents is 1. The minimum absolute atomic E-state index is 0.0941. The van der Waals surface area contributed by atoms with Crippen molar-refractivity contribution < 1.29 is 38.8 Å². The summed E-state index contributed by atoms with van der Waals surface area (Å²) < 4.78 is 16.2. The summed E-state index contributed by atoms with van der Waals surface area (Å²) in [7, 11) is 2.87. The van der Waals surface area contributed by atoms with Crippen molar-refractivity contribution in [3.63, 3.8) is 0 Å². The van der Waals surface area contributed by atoms with Gasteiger partial charge in [0.25, 0.3) is 0 Å². The van der Waals surface area contributed by atoms with Crippen LogP contribution in [0.4, 0.5) is 10.5 Å². The molecule has 0 aliphatic rings. The van der Waals surface area contributed by atoms with Crippen molar-refractivity contribution in [3.8, 4) is 11.5 Å². The highest BCUT2D eigenvalue weighted by atomic mass is 16.6. The van der Waals surface area contributed by atoms with E-state index in [1.807, 2.05) is 0 Å². The number of phenols is 1. The van der Waals surface area contributed by atoms with Crippen molar-refractivity contribution in [1.82, 2.24) is 0 Å². The van der Waals surface area contributed by atoms with Crippen LogP contribution in [-0.2, 0) is 14.3 Å². The van der Waals surface area contributed by atoms with Gasteiger partial charge in [-0.2, -0.15) is 0 Å². The second-order valence-electron chi connectivity index (χ2n) is 7.11. The number of anilines is 1. The van der Waals surface area contributed by atoms with Crippen LogP contribution in [0.25, 0.3) is 0 Å². The Kier molecular flexibility index (Phi) is 9.44. The van der Waals surface area contributed by atoms with Gasteiger partial charge in [0, 0.05) is 24.4 Å². The molecule has 0 bridgehead atoms. The molecule has 2 aromatic rings. The van der Waals surface area contributed by atoms with Gasteiger partial charge in [-0.25, -0.2) is 9.59 Å². The number of allylic oxidation sites excluding steroid dienone is 1. The van der Waals surface area contributed by atoms with E-state index in [1.54, 1.807) is 30.3 Å². The van der Waals surface area contributed by atoms with Crippen LogP contribution >= 0.6 is 0 Å². The van der Waals surface area contributed by atoms with E-state index in [0.29, 0.717) is 29.7 Å². The van der Waals surface area contributed by atoms with E-state index >= 15 is 0 Å². The highest BCUT2D eigenvalue weighted by molar-refractivity contribution is 5.95. The SMILES string of the molecule is COc1ccc([C@@H](OC(=O)Nc2ccc(C(C)=O)cc2)[C@@H](CC/C=C/C(=O)O)OC)cc1O. The van der Waals surface area contributed by atoms with Gasteiger partial charge in [0.1, 0.15) is 0 Å². The predicted octanol–water partition coefficient (Wildman–Crippen LogP) is 4.33. The zero-order valence-corrected chi connectivity index (χ0v) is 18.6. The molecule has 0 saturated carbocycles. The number of amides is 1. The van der Waals surface area contributed by atoms with Crippen LogP contribution < -0.4 is 10.1 Å². The average Bonchev–Trinajstić information content (AvgIpc) is 2.78. The fraction of sp³-hybridized carbons (Fsp3) is 0.292. The smallest absolute Gasteiger partial charge is 0.412 e. The van der Waals surface area contributed by atoms with Crippen LogP contribution in [0, 0.1) is 0 Å². The number of nitrogens with one attached hydrogen (secondary N) is 1. The van der Waals surface area contributed by atoms with E-state index in [0.717, 1.165) is 6.08 Å². The van der Waals surface area contributed by atoms with Gasteiger partial charge >= 0.3 is 12.1 Å². The van der Waals surface area contributed by atoms with E-state index < -0.39 is 24.3 Å². The van der Waals surface area contributed by atoms with E-state index in [9.17, 15) is 19.5 Å². The molecule has 0 unspecified atom stereocenters. The van der Waals surface area contributed by atoms with Gasteiger partial charge in [-0.15, -0.1) is 0 Å². The average molecular weight is 457 g/mol. The summed E-state index contributed by atoms with van der Waals surface area (Å²) >= 11 is 0. The van der Waals surface area contributed by atoms with Crippen molar-refractivity contribution in [1.29, 1.82) is 0 Å². The Hall–Kier alpha value is -3.85. The highest BCUT2D eigenvalue weighted by Gasteiger charge is 2.28. The maximum absolute atomic E-state index is 12.6. The summed E-state index contributed by atoms with van der Waals surface area (Å²) in [6.07, 6.45) is 0.893. The molecule has 3 N–H and O–H groups in total. The number of benzene rings is 2. The molecule has 0 aromatic heterocycles. The van der Waals surface area contributed by atoms with Crippen molar-refractivity contribution in [2.24, 2.45) is 0 Å². The number of hydrogen-bond acceptors (Lipinski definition) is 7. The Morgan fingerprint density at radius 2 is 1.79 bits per heavy atom. The molecule has 33 heavy (non-hydrogen) atoms. The number of carboxylic acids is 1. The molecule has 0 spiro atoms. The fourth-order valence-corrected chi connectivity index (χ4v) is 3.13. The quantitative estimate of drug-likeness (QED) is 0.336. The van der Waals surface area contributed by atoms with Crippen LogP contribution in [-0.4, -0.2) is 48.4 Å². The lowest BCUT2D eigenvalue weighted by molar-refractivity contribution is -0.131. The maximum atomic E-state index is 12.6. The largest absolute Gasteiger partial charge is 0.504 e. The summed E-state index contributed by atoms with van der Waals surface area (Å²) in [5.74, 6) is -1.04. The molecular formula is C24H27NO8. The Labute approximate surface area is 191 Å². The maximum Gasteiger partial charge on any atom is 0.412 e. The van der Waals surface area contributed by atoms with Crippen molar-refractivity contribution in [3.05, 3.63) is 65.7 Å². The van der Waals surface area contributed by atoms with Gasteiger partial charge in [-0.05, 0) is 61.7 Å². The molecule has 0 radical (unpaired) electrons. The van der Waals surface area contributed by atoms with Crippen LogP contribution in [0.3, 0.4) is 0 Å². The molecular weight excluding hydrogens is 430 g/mol. The van der Waals surface area contributed by atoms with Crippen molar-refractivity contribution in [2.75, 3.05) is 19.5 Å². The summed E-state index contributed by atoms with van der Waals surface area (Å²) in [6.45, 7) is 1.45. The van der Waals surface area contributed by atoms with Crippen molar-refractivity contribution in [2.45, 2.75) is 32.0 Å². The number of hydrogen-bond donors (Lipinski definition) is 3. The minimum atomic E-state index is -1.06. The molecule has 176 valence electrons. The van der Waals surface area contributed by atoms with Crippen molar-refractivity contribution >= 4 is 23.5 Å². The highest BCUT2D eigenvalue weighted by Crippen LogP contribution is 2.33. The Morgan fingerprint density at radius 1 is 1.09 bits per heavy atom. The number of carbonyl (C=O) groups excluding carboxylic acids is 2. The molecule has 0 aliphatic heterocycles. The summed E-state index contributed by atoms with van der Waals surface area (Å²) in [5.41, 5.74) is 1.40. The van der Waals surface area contributed by atoms with E-state index in [4.69, 9.17) is 19.3 Å². The normalized spacial score (nSPS) is 12.7. The zero-order chi connectivity index (χ0) is 24.4. The minimum Gasteiger partial charge on any atom is -0.504 e. The lowest BCUT2D eigenvalue weighted by Crippen LogP contribution is -2.28. The number of carbonyl (C=O) groups is 3. The van der Waals surface area contributed by atoms with Crippen LogP contribution in [0.1, 0.15) is 41.8 Å². The predicted molar refractivity (Wildman–Crippen MR) is 121 cm³/mol. The van der Waals surface area contributed by atoms with Crippen LogP contribution in [0.15, 0.2) is 54.6 Å². The third-order valence-electron chi connectivity index (χ3n) is 4.82. The lowest BCUT2D eigenvalue weighted by atomic mass is 9.99. The number of aliphatic carboxylic acids is 1. The Morgan fingerprint density at radius 3 is 2.33 bits per heavy atom. The van der Waals surface area contributed by atoms with Gasteiger partial charge in [0.2, 0.25) is 0 Å². The zero-order valence-electron chi connectivity index (χ0n) is 18.6. The summed E-state index contributed by atoms with van der Waals surface area (Å²) in [6, 6.07) is 10.9. The van der Waals surface area contributed by atoms with E-state index in [-0.39, 0.29) is 17.3 Å². The first-order valence-corrected chi connectivity index (χ1v) is 10.1. The number of rotatable bonds is 11. The first kappa shape index (κ1) is 25.4. The molecule has 2 atom stereocenters. The molecule has 2 aromatic carbocycles. The topological polar surface area (TPSA) is 131 Å².